The summed E-state index contributed by atoms with van der Waals surface area (Å²) in [4.78, 5) is 13.5. The maximum atomic E-state index is 12.3. The zero-order chi connectivity index (χ0) is 20.5. The molecule has 1 aliphatic rings. The molecule has 0 amide bonds. The van der Waals surface area contributed by atoms with Gasteiger partial charge in [0.25, 0.3) is 0 Å². The highest BCUT2D eigenvalue weighted by Gasteiger charge is 2.24. The molecule has 4 aromatic rings. The molecule has 5 rings (SSSR count). The van der Waals surface area contributed by atoms with E-state index >= 15 is 0 Å². The molecule has 1 saturated carbocycles. The molecule has 9 heteroatoms. The molecule has 0 radical (unpaired) electrons. The van der Waals surface area contributed by atoms with Crippen LogP contribution in [0.2, 0.25) is 0 Å². The van der Waals surface area contributed by atoms with E-state index in [2.05, 4.69) is 25.1 Å². The molecule has 0 unspecified atom stereocenters. The summed E-state index contributed by atoms with van der Waals surface area (Å²) >= 11 is 0. The Balaban J connectivity index is 1.33. The third-order valence-electron chi connectivity index (χ3n) is 5.45. The number of alkyl halides is 2. The summed E-state index contributed by atoms with van der Waals surface area (Å²) in [6.07, 6.45) is 7.70. The van der Waals surface area contributed by atoms with Crippen LogP contribution in [-0.4, -0.2) is 43.3 Å². The van der Waals surface area contributed by atoms with Gasteiger partial charge >= 0.3 is 6.61 Å². The average molecular weight is 410 g/mol. The fraction of sp³-hybridized carbons (Fsp3) is 0.333. The van der Waals surface area contributed by atoms with Crippen LogP contribution in [0.4, 0.5) is 14.7 Å². The molecular formula is C21H20F2N6O. The quantitative estimate of drug-likeness (QED) is 0.529. The van der Waals surface area contributed by atoms with E-state index in [9.17, 15) is 8.78 Å². The Morgan fingerprint density at radius 1 is 1.03 bits per heavy atom. The second-order valence-electron chi connectivity index (χ2n) is 7.39. The van der Waals surface area contributed by atoms with Crippen LogP contribution in [-0.2, 0) is 4.74 Å². The summed E-state index contributed by atoms with van der Waals surface area (Å²) in [5.41, 5.74) is 4.31. The van der Waals surface area contributed by atoms with Crippen molar-refractivity contribution in [1.82, 2.24) is 24.6 Å². The topological polar surface area (TPSA) is 77.2 Å². The van der Waals surface area contributed by atoms with Crippen molar-refractivity contribution in [3.63, 3.8) is 0 Å². The summed E-state index contributed by atoms with van der Waals surface area (Å²) in [7, 11) is 0. The molecule has 1 N–H and O–H groups in total. The van der Waals surface area contributed by atoms with Crippen LogP contribution in [0, 0.1) is 0 Å². The molecule has 4 heterocycles. The zero-order valence-corrected chi connectivity index (χ0v) is 16.1. The predicted molar refractivity (Wildman–Crippen MR) is 108 cm³/mol. The minimum atomic E-state index is -2.71. The summed E-state index contributed by atoms with van der Waals surface area (Å²) < 4.78 is 31.1. The minimum absolute atomic E-state index is 0.143. The van der Waals surface area contributed by atoms with Gasteiger partial charge in [-0.2, -0.15) is 8.78 Å². The summed E-state index contributed by atoms with van der Waals surface area (Å²) in [5, 5.41) is 7.86. The first kappa shape index (κ1) is 18.8. The van der Waals surface area contributed by atoms with Crippen LogP contribution in [0.1, 0.15) is 25.7 Å². The van der Waals surface area contributed by atoms with Gasteiger partial charge in [0.05, 0.1) is 34.5 Å². The van der Waals surface area contributed by atoms with E-state index in [1.54, 1.807) is 16.9 Å². The molecule has 1 fully saturated rings. The molecule has 30 heavy (non-hydrogen) atoms. The van der Waals surface area contributed by atoms with Crippen molar-refractivity contribution in [2.45, 2.75) is 44.4 Å². The number of rotatable bonds is 5. The number of nitrogens with zero attached hydrogens (tertiary/aromatic N) is 5. The smallest absolute Gasteiger partial charge is 0.345 e. The molecule has 4 aromatic heterocycles. The number of anilines is 1. The van der Waals surface area contributed by atoms with Crippen molar-refractivity contribution in [3.05, 3.63) is 48.9 Å². The van der Waals surface area contributed by atoms with Gasteiger partial charge in [-0.3, -0.25) is 4.98 Å². The molecule has 0 bridgehead atoms. The lowest BCUT2D eigenvalue weighted by atomic mass is 9.93. The van der Waals surface area contributed by atoms with Gasteiger partial charge in [-0.25, -0.2) is 14.5 Å². The largest absolute Gasteiger partial charge is 0.350 e. The Morgan fingerprint density at radius 3 is 2.73 bits per heavy atom. The van der Waals surface area contributed by atoms with Gasteiger partial charge in [0.1, 0.15) is 0 Å². The second-order valence-corrected chi connectivity index (χ2v) is 7.39. The normalized spacial score (nSPS) is 19.6. The first-order chi connectivity index (χ1) is 14.7. The number of aromatic nitrogens is 5. The van der Waals surface area contributed by atoms with Crippen LogP contribution >= 0.6 is 0 Å². The fourth-order valence-corrected chi connectivity index (χ4v) is 3.96. The molecular weight excluding hydrogens is 390 g/mol. The van der Waals surface area contributed by atoms with E-state index in [0.717, 1.165) is 40.6 Å². The van der Waals surface area contributed by atoms with E-state index in [1.165, 1.54) is 0 Å². The van der Waals surface area contributed by atoms with Crippen LogP contribution in [0.3, 0.4) is 0 Å². The van der Waals surface area contributed by atoms with Crippen molar-refractivity contribution in [1.29, 1.82) is 0 Å². The van der Waals surface area contributed by atoms with Gasteiger partial charge in [0.15, 0.2) is 0 Å². The van der Waals surface area contributed by atoms with E-state index in [1.807, 2.05) is 36.5 Å². The summed E-state index contributed by atoms with van der Waals surface area (Å²) in [6.45, 7) is -2.71. The number of ether oxygens (including phenoxy) is 1. The number of halogens is 2. The number of fused-ring (bicyclic) bond motifs is 2. The van der Waals surface area contributed by atoms with E-state index in [-0.39, 0.29) is 12.1 Å². The maximum absolute atomic E-state index is 12.3. The lowest BCUT2D eigenvalue weighted by Gasteiger charge is -2.28. The zero-order valence-electron chi connectivity index (χ0n) is 16.1. The van der Waals surface area contributed by atoms with Gasteiger partial charge < -0.3 is 10.1 Å². The Hall–Kier alpha value is -3.20. The number of nitrogens with one attached hydrogen (secondary N) is 1. The highest BCUT2D eigenvalue weighted by atomic mass is 19.3. The summed E-state index contributed by atoms with van der Waals surface area (Å²) in [5.74, 6) is 0.513. The number of hydrogen-bond acceptors (Lipinski definition) is 6. The van der Waals surface area contributed by atoms with Crippen LogP contribution in [0.15, 0.2) is 48.9 Å². The van der Waals surface area contributed by atoms with Crippen molar-refractivity contribution in [2.75, 3.05) is 5.32 Å². The molecule has 7 nitrogen and oxygen atoms in total. The van der Waals surface area contributed by atoms with Gasteiger partial charge in [-0.1, -0.05) is 0 Å². The number of hydrogen-bond donors (Lipinski definition) is 1. The first-order valence-corrected chi connectivity index (χ1v) is 9.92. The van der Waals surface area contributed by atoms with Crippen molar-refractivity contribution in [3.8, 4) is 11.3 Å². The van der Waals surface area contributed by atoms with E-state index in [0.29, 0.717) is 18.8 Å². The van der Waals surface area contributed by atoms with Gasteiger partial charge in [0.2, 0.25) is 5.95 Å². The monoisotopic (exact) mass is 410 g/mol. The Labute approximate surface area is 171 Å². The van der Waals surface area contributed by atoms with Crippen LogP contribution < -0.4 is 5.32 Å². The van der Waals surface area contributed by atoms with Crippen LogP contribution in [0.5, 0.6) is 0 Å². The van der Waals surface area contributed by atoms with E-state index in [4.69, 9.17) is 4.98 Å². The SMILES string of the molecule is FC(F)O[C@H]1CC[C@@H](Nc2ncc3c(-c4ccc5ncccc5n4)ccn3n2)CC1. The van der Waals surface area contributed by atoms with Gasteiger partial charge in [0, 0.05) is 24.0 Å². The molecule has 0 aromatic carbocycles. The highest BCUT2D eigenvalue weighted by molar-refractivity contribution is 5.83. The molecule has 0 aliphatic heterocycles. The fourth-order valence-electron chi connectivity index (χ4n) is 3.96. The Morgan fingerprint density at radius 2 is 1.90 bits per heavy atom. The second kappa shape index (κ2) is 7.91. The molecule has 154 valence electrons. The molecule has 0 spiro atoms. The lowest BCUT2D eigenvalue weighted by molar-refractivity contribution is -0.169. The Bertz CT molecular complexity index is 1170. The number of pyridine rings is 2. The predicted octanol–water partition coefficient (Wildman–Crippen LogP) is 4.30. The van der Waals surface area contributed by atoms with Crippen molar-refractivity contribution >= 4 is 22.5 Å². The third-order valence-corrected chi connectivity index (χ3v) is 5.45. The first-order valence-electron chi connectivity index (χ1n) is 9.92. The van der Waals surface area contributed by atoms with Crippen molar-refractivity contribution in [2.24, 2.45) is 0 Å². The standard InChI is InChI=1S/C21H20F2N6O/c22-20(23)30-14-5-3-13(4-6-14)26-21-25-12-19-15(9-11-29(19)28-21)16-7-8-17-18(27-16)2-1-10-24-17/h1-2,7-14,20H,3-6H2,(H,26,28)/t13-,14+. The lowest BCUT2D eigenvalue weighted by Crippen LogP contribution is -2.31. The highest BCUT2D eigenvalue weighted by Crippen LogP contribution is 2.27. The Kier molecular flexibility index (Phi) is 4.96. The average Bonchev–Trinajstić information content (AvgIpc) is 3.18. The summed E-state index contributed by atoms with van der Waals surface area (Å²) in [6, 6.07) is 9.80. The van der Waals surface area contributed by atoms with Crippen molar-refractivity contribution < 1.29 is 13.5 Å². The molecule has 1 aliphatic carbocycles. The van der Waals surface area contributed by atoms with E-state index < -0.39 is 6.61 Å². The molecule has 0 saturated heterocycles. The minimum Gasteiger partial charge on any atom is -0.350 e. The maximum Gasteiger partial charge on any atom is 0.345 e. The van der Waals surface area contributed by atoms with Gasteiger partial charge in [-0.05, 0) is 56.0 Å². The van der Waals surface area contributed by atoms with Gasteiger partial charge in [-0.15, -0.1) is 5.10 Å². The third kappa shape index (κ3) is 3.80. The van der Waals surface area contributed by atoms with Crippen LogP contribution in [0.25, 0.3) is 27.8 Å². The molecule has 0 atom stereocenters.